The first-order valence-electron chi connectivity index (χ1n) is 5.37. The predicted octanol–water partition coefficient (Wildman–Crippen LogP) is 0.591. The molecule has 0 bridgehead atoms. The summed E-state index contributed by atoms with van der Waals surface area (Å²) in [6.07, 6.45) is 0. The molecular weight excluding hydrogens is 245 g/mol. The van der Waals surface area contributed by atoms with E-state index in [0.29, 0.717) is 12.3 Å². The molecule has 1 aromatic rings. The van der Waals surface area contributed by atoms with Gasteiger partial charge in [0.2, 0.25) is 0 Å². The molecule has 1 saturated heterocycles. The zero-order chi connectivity index (χ0) is 12.3. The molecule has 1 heterocycles. The van der Waals surface area contributed by atoms with Crippen molar-refractivity contribution in [2.24, 2.45) is 0 Å². The van der Waals surface area contributed by atoms with Gasteiger partial charge in [-0.05, 0) is 24.3 Å². The molecule has 1 aromatic carbocycles. The van der Waals surface area contributed by atoms with Crippen LogP contribution in [0.15, 0.2) is 24.3 Å². The van der Waals surface area contributed by atoms with E-state index < -0.39 is 9.84 Å². The van der Waals surface area contributed by atoms with Gasteiger partial charge in [-0.15, -0.1) is 0 Å². The van der Waals surface area contributed by atoms with Gasteiger partial charge in [0.05, 0.1) is 17.5 Å². The number of halogens is 1. The van der Waals surface area contributed by atoms with Crippen molar-refractivity contribution >= 4 is 9.84 Å². The SMILES string of the molecule is O=S1(=O)CCNC(COc2ccc(F)cc2)C1. The highest BCUT2D eigenvalue weighted by atomic mass is 32.2. The van der Waals surface area contributed by atoms with Gasteiger partial charge in [0, 0.05) is 6.54 Å². The third kappa shape index (κ3) is 3.67. The number of hydrogen-bond donors (Lipinski definition) is 1. The Morgan fingerprint density at radius 2 is 2.06 bits per heavy atom. The molecule has 94 valence electrons. The van der Waals surface area contributed by atoms with Crippen LogP contribution in [0.5, 0.6) is 5.75 Å². The summed E-state index contributed by atoms with van der Waals surface area (Å²) in [6.45, 7) is 0.727. The van der Waals surface area contributed by atoms with Gasteiger partial charge >= 0.3 is 0 Å². The number of ether oxygens (including phenoxy) is 1. The zero-order valence-electron chi connectivity index (χ0n) is 9.23. The summed E-state index contributed by atoms with van der Waals surface area (Å²) in [5.74, 6) is 0.487. The number of hydrogen-bond acceptors (Lipinski definition) is 4. The first-order valence-corrected chi connectivity index (χ1v) is 7.19. The Morgan fingerprint density at radius 1 is 1.35 bits per heavy atom. The van der Waals surface area contributed by atoms with Crippen LogP contribution in [0.2, 0.25) is 0 Å². The van der Waals surface area contributed by atoms with Crippen molar-refractivity contribution in [3.05, 3.63) is 30.1 Å². The lowest BCUT2D eigenvalue weighted by Gasteiger charge is -2.23. The molecule has 0 saturated carbocycles. The van der Waals surface area contributed by atoms with Crippen LogP contribution in [0.4, 0.5) is 4.39 Å². The van der Waals surface area contributed by atoms with Crippen LogP contribution >= 0.6 is 0 Å². The highest BCUT2D eigenvalue weighted by Crippen LogP contribution is 2.12. The predicted molar refractivity (Wildman–Crippen MR) is 62.3 cm³/mol. The maximum Gasteiger partial charge on any atom is 0.153 e. The average Bonchev–Trinajstić information content (AvgIpc) is 2.27. The molecule has 0 aliphatic carbocycles. The van der Waals surface area contributed by atoms with E-state index in [1.807, 2.05) is 0 Å². The van der Waals surface area contributed by atoms with E-state index in [4.69, 9.17) is 4.74 Å². The molecule has 0 aromatic heterocycles. The number of nitrogens with one attached hydrogen (secondary N) is 1. The lowest BCUT2D eigenvalue weighted by atomic mass is 10.3. The van der Waals surface area contributed by atoms with Crippen molar-refractivity contribution < 1.29 is 17.5 Å². The van der Waals surface area contributed by atoms with Gasteiger partial charge in [0.15, 0.2) is 9.84 Å². The molecule has 1 fully saturated rings. The summed E-state index contributed by atoms with van der Waals surface area (Å²) < 4.78 is 40.8. The molecule has 4 nitrogen and oxygen atoms in total. The number of rotatable bonds is 3. The van der Waals surface area contributed by atoms with E-state index in [0.717, 1.165) is 0 Å². The van der Waals surface area contributed by atoms with Gasteiger partial charge in [0.25, 0.3) is 0 Å². The molecule has 1 N–H and O–H groups in total. The van der Waals surface area contributed by atoms with Crippen molar-refractivity contribution in [3.63, 3.8) is 0 Å². The fourth-order valence-corrected chi connectivity index (χ4v) is 3.12. The van der Waals surface area contributed by atoms with Crippen LogP contribution in [0.3, 0.4) is 0 Å². The van der Waals surface area contributed by atoms with Crippen molar-refractivity contribution in [1.29, 1.82) is 0 Å². The first-order chi connectivity index (χ1) is 8.05. The van der Waals surface area contributed by atoms with Gasteiger partial charge in [-0.3, -0.25) is 0 Å². The Bertz CT molecular complexity index is 472. The summed E-state index contributed by atoms with van der Waals surface area (Å²) >= 11 is 0. The van der Waals surface area contributed by atoms with Gasteiger partial charge in [0.1, 0.15) is 18.2 Å². The largest absolute Gasteiger partial charge is 0.492 e. The molecule has 1 aliphatic heterocycles. The van der Waals surface area contributed by atoms with E-state index in [9.17, 15) is 12.8 Å². The molecule has 2 rings (SSSR count). The molecule has 0 amide bonds. The smallest absolute Gasteiger partial charge is 0.153 e. The molecule has 6 heteroatoms. The highest BCUT2D eigenvalue weighted by Gasteiger charge is 2.24. The Kier molecular flexibility index (Phi) is 3.63. The maximum atomic E-state index is 12.6. The lowest BCUT2D eigenvalue weighted by molar-refractivity contribution is 0.273. The lowest BCUT2D eigenvalue weighted by Crippen LogP contribution is -2.48. The average molecular weight is 259 g/mol. The number of sulfone groups is 1. The highest BCUT2D eigenvalue weighted by molar-refractivity contribution is 7.91. The summed E-state index contributed by atoms with van der Waals surface area (Å²) in [5, 5.41) is 3.08. The van der Waals surface area contributed by atoms with E-state index in [1.54, 1.807) is 0 Å². The number of benzene rings is 1. The molecule has 1 atom stereocenters. The van der Waals surface area contributed by atoms with E-state index in [2.05, 4.69) is 5.32 Å². The van der Waals surface area contributed by atoms with Crippen LogP contribution in [0.1, 0.15) is 0 Å². The molecule has 1 unspecified atom stereocenters. The monoisotopic (exact) mass is 259 g/mol. The van der Waals surface area contributed by atoms with Gasteiger partial charge in [-0.25, -0.2) is 12.8 Å². The second-order valence-corrected chi connectivity index (χ2v) is 6.26. The fraction of sp³-hybridized carbons (Fsp3) is 0.455. The van der Waals surface area contributed by atoms with E-state index >= 15 is 0 Å². The second-order valence-electron chi connectivity index (χ2n) is 4.03. The molecular formula is C11H14FNO3S. The maximum absolute atomic E-state index is 12.6. The summed E-state index contributed by atoms with van der Waals surface area (Å²) in [4.78, 5) is 0. The minimum atomic E-state index is -2.95. The van der Waals surface area contributed by atoms with Gasteiger partial charge < -0.3 is 10.1 Å². The quantitative estimate of drug-likeness (QED) is 0.863. The minimum absolute atomic E-state index is 0.0915. The topological polar surface area (TPSA) is 55.4 Å². The fourth-order valence-electron chi connectivity index (χ4n) is 1.70. The summed E-state index contributed by atoms with van der Waals surface area (Å²) in [6, 6.07) is 5.46. The summed E-state index contributed by atoms with van der Waals surface area (Å²) in [5.41, 5.74) is 0. The zero-order valence-corrected chi connectivity index (χ0v) is 10.0. The second kappa shape index (κ2) is 5.01. The Morgan fingerprint density at radius 3 is 2.71 bits per heavy atom. The molecule has 0 radical (unpaired) electrons. The van der Waals surface area contributed by atoms with Crippen LogP contribution < -0.4 is 10.1 Å². The summed E-state index contributed by atoms with van der Waals surface area (Å²) in [7, 11) is -2.95. The van der Waals surface area contributed by atoms with E-state index in [1.165, 1.54) is 24.3 Å². The first kappa shape index (κ1) is 12.3. The van der Waals surface area contributed by atoms with Crippen molar-refractivity contribution in [1.82, 2.24) is 5.32 Å². The van der Waals surface area contributed by atoms with Crippen LogP contribution in [-0.2, 0) is 9.84 Å². The third-order valence-electron chi connectivity index (χ3n) is 2.57. The Balaban J connectivity index is 1.88. The molecule has 1 aliphatic rings. The normalized spacial score (nSPS) is 23.2. The van der Waals surface area contributed by atoms with Crippen molar-refractivity contribution in [2.45, 2.75) is 6.04 Å². The molecule has 0 spiro atoms. The van der Waals surface area contributed by atoms with Crippen molar-refractivity contribution in [2.75, 3.05) is 24.7 Å². The van der Waals surface area contributed by atoms with Crippen molar-refractivity contribution in [3.8, 4) is 5.75 Å². The van der Waals surface area contributed by atoms with E-state index in [-0.39, 0.29) is 30.0 Å². The van der Waals surface area contributed by atoms with Crippen LogP contribution in [0.25, 0.3) is 0 Å². The third-order valence-corrected chi connectivity index (χ3v) is 4.30. The molecule has 17 heavy (non-hydrogen) atoms. The standard InChI is InChI=1S/C11H14FNO3S/c12-9-1-3-11(4-2-9)16-7-10-8-17(14,15)6-5-13-10/h1-4,10,13H,5-8H2. The minimum Gasteiger partial charge on any atom is -0.492 e. The Labute approximate surface area is 99.7 Å². The Hall–Kier alpha value is -1.14. The van der Waals surface area contributed by atoms with Crippen LogP contribution in [0, 0.1) is 5.82 Å². The van der Waals surface area contributed by atoms with Gasteiger partial charge in [-0.2, -0.15) is 0 Å². The van der Waals surface area contributed by atoms with Gasteiger partial charge in [-0.1, -0.05) is 0 Å². The van der Waals surface area contributed by atoms with Crippen LogP contribution in [-0.4, -0.2) is 39.1 Å².